The van der Waals surface area contributed by atoms with Crippen molar-refractivity contribution < 1.29 is 9.72 Å². The number of aromatic nitrogens is 2. The van der Waals surface area contributed by atoms with Crippen molar-refractivity contribution >= 4 is 35.0 Å². The summed E-state index contributed by atoms with van der Waals surface area (Å²) < 4.78 is 2.17. The van der Waals surface area contributed by atoms with Gasteiger partial charge in [0.25, 0.3) is 11.6 Å². The van der Waals surface area contributed by atoms with Gasteiger partial charge in [0.05, 0.1) is 26.9 Å². The number of imidazole rings is 1. The molecule has 1 aromatic heterocycles. The minimum Gasteiger partial charge on any atom is -0.352 e. The Morgan fingerprint density at radius 1 is 1.08 bits per heavy atom. The van der Waals surface area contributed by atoms with Crippen LogP contribution < -0.4 is 5.32 Å². The van der Waals surface area contributed by atoms with Gasteiger partial charge >= 0.3 is 0 Å². The predicted octanol–water partition coefficient (Wildman–Crippen LogP) is 6.88. The molecule has 0 fully saturated rings. The number of carbonyl (C=O) groups excluding carboxylic acids is 1. The molecule has 9 heteroatoms. The molecule has 0 spiro atoms. The predicted molar refractivity (Wildman–Crippen MR) is 149 cm³/mol. The minimum absolute atomic E-state index is 0.0504. The number of allylic oxidation sites excluding steroid dienone is 1. The van der Waals surface area contributed by atoms with Gasteiger partial charge in [-0.1, -0.05) is 90.1 Å². The summed E-state index contributed by atoms with van der Waals surface area (Å²) in [5.41, 5.74) is 4.12. The molecule has 0 unspecified atom stereocenters. The van der Waals surface area contributed by atoms with E-state index in [2.05, 4.69) is 40.7 Å². The summed E-state index contributed by atoms with van der Waals surface area (Å²) >= 11 is 7.68. The minimum atomic E-state index is -0.548. The van der Waals surface area contributed by atoms with Crippen molar-refractivity contribution in [2.45, 2.75) is 18.1 Å². The molecule has 3 aromatic carbocycles. The molecule has 0 radical (unpaired) electrons. The fourth-order valence-electron chi connectivity index (χ4n) is 3.86. The lowest BCUT2D eigenvalue weighted by molar-refractivity contribution is -0.384. The number of nitrogens with one attached hydrogen (secondary N) is 1. The normalized spacial score (nSPS) is 10.7. The Morgan fingerprint density at radius 2 is 1.76 bits per heavy atom. The van der Waals surface area contributed by atoms with Gasteiger partial charge in [-0.2, -0.15) is 0 Å². The smallest absolute Gasteiger partial charge is 0.270 e. The Labute approximate surface area is 224 Å². The molecule has 188 valence electrons. The molecule has 7 nitrogen and oxygen atoms in total. The average Bonchev–Trinajstić information content (AvgIpc) is 3.27. The molecule has 1 N–H and O–H groups in total. The number of thioether (sulfide) groups is 1. The summed E-state index contributed by atoms with van der Waals surface area (Å²) in [5.74, 6) is 0.362. The fraction of sp³-hybridized carbons (Fsp3) is 0.143. The lowest BCUT2D eigenvalue weighted by Gasteiger charge is -2.11. The Morgan fingerprint density at radius 3 is 2.38 bits per heavy atom. The van der Waals surface area contributed by atoms with Crippen molar-refractivity contribution in [2.75, 3.05) is 12.3 Å². The lowest BCUT2D eigenvalue weighted by Crippen LogP contribution is -2.25. The van der Waals surface area contributed by atoms with Gasteiger partial charge < -0.3 is 9.88 Å². The number of rotatable bonds is 11. The maximum Gasteiger partial charge on any atom is 0.270 e. The summed E-state index contributed by atoms with van der Waals surface area (Å²) in [5, 5.41) is 14.6. The molecule has 4 aromatic rings. The van der Waals surface area contributed by atoms with E-state index < -0.39 is 4.92 Å². The van der Waals surface area contributed by atoms with Crippen LogP contribution in [0.5, 0.6) is 0 Å². The first-order valence-corrected chi connectivity index (χ1v) is 13.0. The van der Waals surface area contributed by atoms with Gasteiger partial charge in [-0.05, 0) is 12.5 Å². The van der Waals surface area contributed by atoms with Crippen LogP contribution in [0.1, 0.15) is 16.8 Å². The maximum absolute atomic E-state index is 12.5. The molecule has 1 heterocycles. The van der Waals surface area contributed by atoms with E-state index in [9.17, 15) is 14.9 Å². The monoisotopic (exact) mass is 532 g/mol. The van der Waals surface area contributed by atoms with Crippen molar-refractivity contribution in [3.05, 3.63) is 112 Å². The highest BCUT2D eigenvalue weighted by Crippen LogP contribution is 2.36. The highest BCUT2D eigenvalue weighted by atomic mass is 35.5. The highest BCUT2D eigenvalue weighted by Gasteiger charge is 2.20. The van der Waals surface area contributed by atoms with Gasteiger partial charge in [-0.15, -0.1) is 6.58 Å². The number of halogens is 1. The largest absolute Gasteiger partial charge is 0.352 e. The summed E-state index contributed by atoms with van der Waals surface area (Å²) in [6, 6.07) is 24.1. The number of hydrogen-bond acceptors (Lipinski definition) is 5. The van der Waals surface area contributed by atoms with E-state index in [-0.39, 0.29) is 22.2 Å². The number of non-ortho nitro benzene ring substituents is 1. The molecule has 0 aliphatic rings. The molecular formula is C28H25ClN4O3S. The molecule has 0 bridgehead atoms. The third-order valence-corrected chi connectivity index (χ3v) is 6.96. The van der Waals surface area contributed by atoms with Gasteiger partial charge in [0.1, 0.15) is 0 Å². The molecule has 4 rings (SSSR count). The summed E-state index contributed by atoms with van der Waals surface area (Å²) in [4.78, 5) is 27.8. The van der Waals surface area contributed by atoms with Crippen molar-refractivity contribution in [3.63, 3.8) is 0 Å². The second kappa shape index (κ2) is 12.4. The van der Waals surface area contributed by atoms with Crippen molar-refractivity contribution in [2.24, 2.45) is 0 Å². The van der Waals surface area contributed by atoms with Gasteiger partial charge in [0.15, 0.2) is 5.16 Å². The Balaban J connectivity index is 1.46. The average molecular weight is 533 g/mol. The van der Waals surface area contributed by atoms with Crippen molar-refractivity contribution in [3.8, 4) is 22.5 Å². The first kappa shape index (κ1) is 26.2. The molecule has 0 saturated heterocycles. The molecule has 37 heavy (non-hydrogen) atoms. The number of amides is 1. The van der Waals surface area contributed by atoms with Crippen LogP contribution in [0.25, 0.3) is 22.5 Å². The Kier molecular flexibility index (Phi) is 8.77. The molecular weight excluding hydrogens is 508 g/mol. The van der Waals surface area contributed by atoms with Crippen LogP contribution in [0.4, 0.5) is 5.69 Å². The zero-order valence-corrected chi connectivity index (χ0v) is 21.5. The number of nitro groups is 1. The van der Waals surface area contributed by atoms with Crippen LogP contribution in [0.2, 0.25) is 5.02 Å². The summed E-state index contributed by atoms with van der Waals surface area (Å²) in [7, 11) is 0. The SMILES string of the molecule is C=CCn1c(SCCCNC(=O)c2ccc([N+](=O)[O-])cc2Cl)nc(-c2ccccc2)c1-c1ccccc1. The van der Waals surface area contributed by atoms with E-state index in [0.717, 1.165) is 33.4 Å². The molecule has 0 atom stereocenters. The van der Waals surface area contributed by atoms with Gasteiger partial charge in [0.2, 0.25) is 0 Å². The van der Waals surface area contributed by atoms with E-state index in [1.54, 1.807) is 11.8 Å². The molecule has 1 amide bonds. The van der Waals surface area contributed by atoms with Gasteiger partial charge in [-0.3, -0.25) is 14.9 Å². The standard InChI is InChI=1S/C28H25ClN4O3S/c1-2-17-32-26(21-12-7-4-8-13-21)25(20-10-5-3-6-11-20)31-28(32)37-18-9-16-30-27(34)23-15-14-22(33(35)36)19-24(23)29/h2-8,10-15,19H,1,9,16-18H2,(H,30,34). The number of benzene rings is 3. The van der Waals surface area contributed by atoms with E-state index in [1.165, 1.54) is 18.2 Å². The quantitative estimate of drug-likeness (QED) is 0.0747. The van der Waals surface area contributed by atoms with E-state index in [0.29, 0.717) is 19.5 Å². The zero-order valence-electron chi connectivity index (χ0n) is 20.0. The fourth-order valence-corrected chi connectivity index (χ4v) is 5.07. The maximum atomic E-state index is 12.5. The van der Waals surface area contributed by atoms with Crippen molar-refractivity contribution in [1.29, 1.82) is 0 Å². The topological polar surface area (TPSA) is 90.1 Å². The van der Waals surface area contributed by atoms with E-state index >= 15 is 0 Å². The lowest BCUT2D eigenvalue weighted by atomic mass is 10.0. The van der Waals surface area contributed by atoms with Crippen LogP contribution >= 0.6 is 23.4 Å². The molecule has 0 aliphatic heterocycles. The van der Waals surface area contributed by atoms with E-state index in [1.807, 2.05) is 42.5 Å². The van der Waals surface area contributed by atoms with Crippen molar-refractivity contribution in [1.82, 2.24) is 14.9 Å². The first-order chi connectivity index (χ1) is 18.0. The van der Waals surface area contributed by atoms with Crippen LogP contribution in [0.15, 0.2) is 96.7 Å². The number of hydrogen-bond donors (Lipinski definition) is 1. The summed E-state index contributed by atoms with van der Waals surface area (Å²) in [6.07, 6.45) is 2.56. The second-order valence-corrected chi connectivity index (χ2v) is 9.57. The third-order valence-electron chi connectivity index (χ3n) is 5.58. The second-order valence-electron chi connectivity index (χ2n) is 8.10. The Hall–Kier alpha value is -3.88. The first-order valence-electron chi connectivity index (χ1n) is 11.7. The summed E-state index contributed by atoms with van der Waals surface area (Å²) in [6.45, 7) is 4.98. The third kappa shape index (κ3) is 6.28. The van der Waals surface area contributed by atoms with Gasteiger partial charge in [-0.25, -0.2) is 4.98 Å². The van der Waals surface area contributed by atoms with Crippen LogP contribution in [0.3, 0.4) is 0 Å². The van der Waals surface area contributed by atoms with E-state index in [4.69, 9.17) is 16.6 Å². The van der Waals surface area contributed by atoms with Crippen LogP contribution in [0, 0.1) is 10.1 Å². The van der Waals surface area contributed by atoms with Gasteiger partial charge in [0, 0.05) is 42.1 Å². The molecule has 0 aliphatic carbocycles. The number of carbonyl (C=O) groups is 1. The Bertz CT molecular complexity index is 1410. The molecule has 0 saturated carbocycles. The number of nitro benzene ring substituents is 1. The van der Waals surface area contributed by atoms with Crippen LogP contribution in [-0.2, 0) is 6.54 Å². The van der Waals surface area contributed by atoms with Crippen LogP contribution in [-0.4, -0.2) is 32.7 Å². The number of nitrogens with zero attached hydrogens (tertiary/aromatic N) is 3. The highest BCUT2D eigenvalue weighted by molar-refractivity contribution is 7.99. The zero-order chi connectivity index (χ0) is 26.2.